The highest BCUT2D eigenvalue weighted by atomic mass is 16.5. The molecular weight excluding hydrogens is 484 g/mol. The van der Waals surface area contributed by atoms with Crippen LogP contribution in [-0.4, -0.2) is 32.2 Å². The number of nitrogens with one attached hydrogen (secondary N) is 2. The largest absolute Gasteiger partial charge is 0.492 e. The van der Waals surface area contributed by atoms with Gasteiger partial charge in [-0.15, -0.1) is 0 Å². The number of hydrogen-bond donors (Lipinski definition) is 2. The second kappa shape index (κ2) is 13.2. The first kappa shape index (κ1) is 26.7. The average molecular weight is 521 g/mol. The van der Waals surface area contributed by atoms with Gasteiger partial charge in [0, 0.05) is 17.5 Å². The number of hydrogen-bond acceptors (Lipinski definition) is 4. The van der Waals surface area contributed by atoms with Gasteiger partial charge in [0.05, 0.1) is 19.8 Å². The normalized spacial score (nSPS) is 16.3. The van der Waals surface area contributed by atoms with Crippen molar-refractivity contribution < 1.29 is 14.3 Å². The minimum absolute atomic E-state index is 0.0886. The van der Waals surface area contributed by atoms with Crippen LogP contribution in [-0.2, 0) is 23.3 Å². The Hall–Kier alpha value is -3.93. The fraction of sp³-hybridized carbons (Fsp3) is 0.265. The van der Waals surface area contributed by atoms with Gasteiger partial charge in [0.15, 0.2) is 0 Å². The van der Waals surface area contributed by atoms with Gasteiger partial charge in [0.2, 0.25) is 0 Å². The summed E-state index contributed by atoms with van der Waals surface area (Å²) in [4.78, 5) is 12.6. The molecule has 1 atom stereocenters. The van der Waals surface area contributed by atoms with Crippen molar-refractivity contribution >= 4 is 5.91 Å². The Bertz CT molecular complexity index is 1340. The summed E-state index contributed by atoms with van der Waals surface area (Å²) in [6, 6.07) is 36.8. The quantitative estimate of drug-likeness (QED) is 0.229. The molecule has 0 fully saturated rings. The lowest BCUT2D eigenvalue weighted by Gasteiger charge is -2.40. The molecule has 0 bridgehead atoms. The first-order chi connectivity index (χ1) is 19.2. The van der Waals surface area contributed by atoms with Gasteiger partial charge in [-0.05, 0) is 65.9 Å². The second-order valence-corrected chi connectivity index (χ2v) is 10.00. The van der Waals surface area contributed by atoms with Crippen LogP contribution in [0.15, 0.2) is 109 Å². The van der Waals surface area contributed by atoms with E-state index in [9.17, 15) is 4.79 Å². The Kier molecular flexibility index (Phi) is 9.05. The molecule has 0 saturated heterocycles. The van der Waals surface area contributed by atoms with Crippen molar-refractivity contribution in [2.75, 3.05) is 26.3 Å². The van der Waals surface area contributed by atoms with Crippen molar-refractivity contribution in [2.45, 2.75) is 31.4 Å². The maximum atomic E-state index is 12.6. The molecule has 0 spiro atoms. The molecule has 0 saturated carbocycles. The number of carbonyl (C=O) groups excluding carboxylic acids is 1. The lowest BCUT2D eigenvalue weighted by Crippen LogP contribution is -2.38. The van der Waals surface area contributed by atoms with Gasteiger partial charge in [-0.2, -0.15) is 0 Å². The Labute approximate surface area is 231 Å². The molecule has 1 aliphatic rings. The summed E-state index contributed by atoms with van der Waals surface area (Å²) < 4.78 is 11.8. The molecule has 39 heavy (non-hydrogen) atoms. The van der Waals surface area contributed by atoms with Crippen LogP contribution in [0.1, 0.15) is 45.5 Å². The number of ether oxygens (including phenoxy) is 2. The SMILES string of the molecule is O=C(NCCOc1ccccc1)c1cccc(CNCCCC2(c3ccccc3)COCc3ccccc32)c1. The molecule has 0 aliphatic carbocycles. The van der Waals surface area contributed by atoms with E-state index in [2.05, 4.69) is 71.3 Å². The Balaban J connectivity index is 1.12. The minimum atomic E-state index is -0.139. The topological polar surface area (TPSA) is 59.6 Å². The number of fused-ring (bicyclic) bond motifs is 1. The van der Waals surface area contributed by atoms with E-state index in [1.807, 2.05) is 48.5 Å². The molecule has 1 unspecified atom stereocenters. The van der Waals surface area contributed by atoms with Crippen molar-refractivity contribution in [3.63, 3.8) is 0 Å². The van der Waals surface area contributed by atoms with Gasteiger partial charge in [0.25, 0.3) is 5.91 Å². The summed E-state index contributed by atoms with van der Waals surface area (Å²) in [7, 11) is 0. The summed E-state index contributed by atoms with van der Waals surface area (Å²) in [6.45, 7) is 3.84. The zero-order valence-corrected chi connectivity index (χ0v) is 22.3. The number of carbonyl (C=O) groups is 1. The van der Waals surface area contributed by atoms with Gasteiger partial charge in [0.1, 0.15) is 12.4 Å². The van der Waals surface area contributed by atoms with Crippen molar-refractivity contribution in [1.82, 2.24) is 10.6 Å². The van der Waals surface area contributed by atoms with Gasteiger partial charge in [-0.25, -0.2) is 0 Å². The summed E-state index contributed by atoms with van der Waals surface area (Å²) in [5.41, 5.74) is 5.59. The Morgan fingerprint density at radius 3 is 2.46 bits per heavy atom. The van der Waals surface area contributed by atoms with Crippen LogP contribution in [0.3, 0.4) is 0 Å². The molecule has 1 amide bonds. The molecule has 5 heteroatoms. The van der Waals surface area contributed by atoms with E-state index < -0.39 is 0 Å². The molecular formula is C34H36N2O3. The van der Waals surface area contributed by atoms with E-state index in [1.54, 1.807) is 0 Å². The molecule has 200 valence electrons. The highest BCUT2D eigenvalue weighted by Gasteiger charge is 2.38. The minimum Gasteiger partial charge on any atom is -0.492 e. The van der Waals surface area contributed by atoms with E-state index in [-0.39, 0.29) is 11.3 Å². The molecule has 1 heterocycles. The van der Waals surface area contributed by atoms with Gasteiger partial charge in [-0.3, -0.25) is 4.79 Å². The highest BCUT2D eigenvalue weighted by Crippen LogP contribution is 2.41. The molecule has 4 aromatic rings. The number of para-hydroxylation sites is 1. The third-order valence-electron chi connectivity index (χ3n) is 7.34. The standard InChI is InChI=1S/C34H36N2O3/c37-33(36-21-22-39-31-16-5-2-6-17-31)28-13-9-11-27(23-28)24-35-20-10-19-34(30-14-3-1-4-15-30)26-38-25-29-12-7-8-18-32(29)34/h1-9,11-18,23,35H,10,19-22,24-26H2,(H,36,37). The molecule has 5 nitrogen and oxygen atoms in total. The van der Waals surface area contributed by atoms with Crippen molar-refractivity contribution in [2.24, 2.45) is 0 Å². The average Bonchev–Trinajstić information content (AvgIpc) is 3.00. The van der Waals surface area contributed by atoms with E-state index in [0.717, 1.165) is 30.7 Å². The van der Waals surface area contributed by atoms with Crippen molar-refractivity contribution in [1.29, 1.82) is 0 Å². The third-order valence-corrected chi connectivity index (χ3v) is 7.34. The number of benzene rings is 4. The van der Waals surface area contributed by atoms with Crippen LogP contribution in [0, 0.1) is 0 Å². The molecule has 2 N–H and O–H groups in total. The van der Waals surface area contributed by atoms with Crippen LogP contribution < -0.4 is 15.4 Å². The summed E-state index contributed by atoms with van der Waals surface area (Å²) in [5.74, 6) is 0.712. The fourth-order valence-corrected chi connectivity index (χ4v) is 5.40. The maximum Gasteiger partial charge on any atom is 0.251 e. The molecule has 0 aromatic heterocycles. The summed E-state index contributed by atoms with van der Waals surface area (Å²) >= 11 is 0. The second-order valence-electron chi connectivity index (χ2n) is 10.00. The lowest BCUT2D eigenvalue weighted by atomic mass is 9.69. The van der Waals surface area contributed by atoms with E-state index >= 15 is 0 Å². The molecule has 0 radical (unpaired) electrons. The van der Waals surface area contributed by atoms with Crippen LogP contribution in [0.25, 0.3) is 0 Å². The zero-order valence-electron chi connectivity index (χ0n) is 22.3. The zero-order chi connectivity index (χ0) is 26.8. The van der Waals surface area contributed by atoms with Gasteiger partial charge >= 0.3 is 0 Å². The van der Waals surface area contributed by atoms with Crippen molar-refractivity contribution in [3.05, 3.63) is 137 Å². The predicted octanol–water partition coefficient (Wildman–Crippen LogP) is 5.88. The van der Waals surface area contributed by atoms with Crippen molar-refractivity contribution in [3.8, 4) is 5.75 Å². The Morgan fingerprint density at radius 2 is 1.62 bits per heavy atom. The lowest BCUT2D eigenvalue weighted by molar-refractivity contribution is 0.0613. The van der Waals surface area contributed by atoms with E-state index in [1.165, 1.54) is 16.7 Å². The summed E-state index contributed by atoms with van der Waals surface area (Å²) in [5, 5.41) is 6.52. The molecule has 5 rings (SSSR count). The van der Waals surface area contributed by atoms with Crippen LogP contribution >= 0.6 is 0 Å². The summed E-state index contributed by atoms with van der Waals surface area (Å²) in [6.07, 6.45) is 2.00. The first-order valence-electron chi connectivity index (χ1n) is 13.7. The Morgan fingerprint density at radius 1 is 0.846 bits per heavy atom. The first-order valence-corrected chi connectivity index (χ1v) is 13.7. The monoisotopic (exact) mass is 520 g/mol. The van der Waals surface area contributed by atoms with Gasteiger partial charge in [-0.1, -0.05) is 84.9 Å². The van der Waals surface area contributed by atoms with E-state index in [0.29, 0.717) is 38.5 Å². The molecule has 1 aliphatic heterocycles. The number of amides is 1. The smallest absolute Gasteiger partial charge is 0.251 e. The van der Waals surface area contributed by atoms with Gasteiger partial charge < -0.3 is 20.1 Å². The third kappa shape index (κ3) is 6.75. The van der Waals surface area contributed by atoms with E-state index in [4.69, 9.17) is 9.47 Å². The van der Waals surface area contributed by atoms with Crippen LogP contribution in [0.2, 0.25) is 0 Å². The van der Waals surface area contributed by atoms with Crippen LogP contribution in [0.5, 0.6) is 5.75 Å². The number of rotatable bonds is 12. The fourth-order valence-electron chi connectivity index (χ4n) is 5.40. The predicted molar refractivity (Wildman–Crippen MR) is 155 cm³/mol. The molecule has 4 aromatic carbocycles. The highest BCUT2D eigenvalue weighted by molar-refractivity contribution is 5.94. The van der Waals surface area contributed by atoms with Crippen LogP contribution in [0.4, 0.5) is 0 Å². The maximum absolute atomic E-state index is 12.6.